The average molecular weight is 531 g/mol. The van der Waals surface area contributed by atoms with Crippen molar-refractivity contribution >= 4 is 44.4 Å². The number of anilines is 1. The highest BCUT2D eigenvalue weighted by Crippen LogP contribution is 2.38. The molecule has 0 bridgehead atoms. The molecule has 0 fully saturated rings. The number of ether oxygens (including phenoxy) is 2. The van der Waals surface area contributed by atoms with Crippen molar-refractivity contribution in [3.05, 3.63) is 106 Å². The molecule has 0 atom stereocenters. The number of benzene rings is 4. The summed E-state index contributed by atoms with van der Waals surface area (Å²) in [5.74, 6) is -0.0711. The van der Waals surface area contributed by atoms with E-state index in [-0.39, 0.29) is 5.57 Å². The van der Waals surface area contributed by atoms with Gasteiger partial charge < -0.3 is 14.8 Å². The Bertz CT molecular complexity index is 1450. The lowest BCUT2D eigenvalue weighted by atomic mass is 10.1. The fourth-order valence-corrected chi connectivity index (χ4v) is 4.15. The molecule has 0 unspecified atom stereocenters. The Morgan fingerprint density at radius 3 is 2.57 bits per heavy atom. The number of nitriles is 1. The van der Waals surface area contributed by atoms with Crippen molar-refractivity contribution in [2.75, 3.05) is 12.4 Å². The predicted molar refractivity (Wildman–Crippen MR) is 138 cm³/mol. The van der Waals surface area contributed by atoms with E-state index in [1.165, 1.54) is 37.5 Å². The van der Waals surface area contributed by atoms with Crippen LogP contribution in [0.2, 0.25) is 0 Å². The molecule has 174 valence electrons. The zero-order chi connectivity index (χ0) is 24.8. The summed E-state index contributed by atoms with van der Waals surface area (Å²) in [6.45, 7) is 0.328. The molecule has 0 saturated carbocycles. The molecule has 0 aliphatic rings. The number of hydrogen-bond acceptors (Lipinski definition) is 4. The molecule has 0 aliphatic heterocycles. The Morgan fingerprint density at radius 2 is 1.83 bits per heavy atom. The number of halogens is 2. The summed E-state index contributed by atoms with van der Waals surface area (Å²) in [7, 11) is 1.52. The standard InChI is InChI=1S/C28H20BrFN2O3/c1-34-26-15-18(13-21(16-31)28(33)32-23-11-9-22(30)10-12-23)14-25(29)27(26)35-17-20-7-4-6-19-5-2-3-8-24(19)20/h2-15H,17H2,1H3,(H,32,33)/b21-13+. The summed E-state index contributed by atoms with van der Waals surface area (Å²) in [6.07, 6.45) is 1.45. The lowest BCUT2D eigenvalue weighted by Crippen LogP contribution is -2.13. The van der Waals surface area contributed by atoms with E-state index in [4.69, 9.17) is 9.47 Å². The first-order valence-corrected chi connectivity index (χ1v) is 11.4. The van der Waals surface area contributed by atoms with Crippen molar-refractivity contribution in [3.8, 4) is 17.6 Å². The minimum atomic E-state index is -0.606. The third-order valence-electron chi connectivity index (χ3n) is 5.28. The molecule has 0 spiro atoms. The van der Waals surface area contributed by atoms with Gasteiger partial charge in [-0.1, -0.05) is 42.5 Å². The van der Waals surface area contributed by atoms with Crippen molar-refractivity contribution < 1.29 is 18.7 Å². The van der Waals surface area contributed by atoms with Crippen LogP contribution in [0.1, 0.15) is 11.1 Å². The van der Waals surface area contributed by atoms with Crippen LogP contribution in [0.15, 0.2) is 88.9 Å². The fourth-order valence-electron chi connectivity index (χ4n) is 3.58. The number of nitrogens with zero attached hydrogens (tertiary/aromatic N) is 1. The van der Waals surface area contributed by atoms with Crippen LogP contribution >= 0.6 is 15.9 Å². The topological polar surface area (TPSA) is 71.3 Å². The highest BCUT2D eigenvalue weighted by Gasteiger charge is 2.15. The lowest BCUT2D eigenvalue weighted by Gasteiger charge is -2.15. The molecule has 1 amide bonds. The molecule has 4 aromatic rings. The molecule has 5 nitrogen and oxygen atoms in total. The Kier molecular flexibility index (Phi) is 7.44. The van der Waals surface area contributed by atoms with E-state index in [2.05, 4.69) is 39.4 Å². The Labute approximate surface area is 210 Å². The number of carbonyl (C=O) groups is 1. The van der Waals surface area contributed by atoms with E-state index in [0.29, 0.717) is 33.8 Å². The molecule has 0 heterocycles. The van der Waals surface area contributed by atoms with Crippen LogP contribution < -0.4 is 14.8 Å². The van der Waals surface area contributed by atoms with E-state index in [1.54, 1.807) is 12.1 Å². The largest absolute Gasteiger partial charge is 0.493 e. The van der Waals surface area contributed by atoms with E-state index >= 15 is 0 Å². The molecule has 0 radical (unpaired) electrons. The lowest BCUT2D eigenvalue weighted by molar-refractivity contribution is -0.112. The van der Waals surface area contributed by atoms with Crippen molar-refractivity contribution in [2.24, 2.45) is 0 Å². The van der Waals surface area contributed by atoms with Crippen LogP contribution in [-0.2, 0) is 11.4 Å². The second-order valence-electron chi connectivity index (χ2n) is 7.59. The molecule has 0 aromatic heterocycles. The van der Waals surface area contributed by atoms with E-state index < -0.39 is 11.7 Å². The van der Waals surface area contributed by atoms with Gasteiger partial charge in [0.2, 0.25) is 0 Å². The summed E-state index contributed by atoms with van der Waals surface area (Å²) in [6, 6.07) is 24.8. The van der Waals surface area contributed by atoms with Gasteiger partial charge in [0.25, 0.3) is 5.91 Å². The zero-order valence-electron chi connectivity index (χ0n) is 18.7. The average Bonchev–Trinajstić information content (AvgIpc) is 2.87. The first-order valence-electron chi connectivity index (χ1n) is 10.6. The number of rotatable bonds is 7. The quantitative estimate of drug-likeness (QED) is 0.209. The SMILES string of the molecule is COc1cc(/C=C(\C#N)C(=O)Nc2ccc(F)cc2)cc(Br)c1OCc1cccc2ccccc12. The summed E-state index contributed by atoms with van der Waals surface area (Å²) >= 11 is 3.52. The van der Waals surface area contributed by atoms with Gasteiger partial charge in [-0.25, -0.2) is 4.39 Å². The fraction of sp³-hybridized carbons (Fsp3) is 0.0714. The minimum absolute atomic E-state index is 0.118. The number of hydrogen-bond donors (Lipinski definition) is 1. The van der Waals surface area contributed by atoms with Crippen molar-refractivity contribution in [1.82, 2.24) is 0 Å². The van der Waals surface area contributed by atoms with Gasteiger partial charge in [-0.05, 0) is 80.3 Å². The van der Waals surface area contributed by atoms with E-state index in [9.17, 15) is 14.4 Å². The molecule has 4 aromatic carbocycles. The Hall–Kier alpha value is -4.15. The number of amides is 1. The van der Waals surface area contributed by atoms with Gasteiger partial charge >= 0.3 is 0 Å². The van der Waals surface area contributed by atoms with Gasteiger partial charge in [-0.2, -0.15) is 5.26 Å². The molecule has 0 saturated heterocycles. The van der Waals surface area contributed by atoms with Crippen molar-refractivity contribution in [1.29, 1.82) is 5.26 Å². The third-order valence-corrected chi connectivity index (χ3v) is 5.87. The van der Waals surface area contributed by atoms with Crippen LogP contribution in [0, 0.1) is 17.1 Å². The molecule has 1 N–H and O–H groups in total. The normalized spacial score (nSPS) is 11.1. The van der Waals surface area contributed by atoms with Crippen molar-refractivity contribution in [3.63, 3.8) is 0 Å². The summed E-state index contributed by atoms with van der Waals surface area (Å²) in [4.78, 5) is 12.5. The highest BCUT2D eigenvalue weighted by atomic mass is 79.9. The van der Waals surface area contributed by atoms with Crippen LogP contribution in [0.4, 0.5) is 10.1 Å². The molecular formula is C28H20BrFN2O3. The molecule has 7 heteroatoms. The maximum absolute atomic E-state index is 13.1. The van der Waals surface area contributed by atoms with E-state index in [1.807, 2.05) is 30.3 Å². The monoisotopic (exact) mass is 530 g/mol. The van der Waals surface area contributed by atoms with Gasteiger partial charge in [0.1, 0.15) is 24.1 Å². The second-order valence-corrected chi connectivity index (χ2v) is 8.45. The second kappa shape index (κ2) is 10.9. The third kappa shape index (κ3) is 5.68. The molecule has 0 aliphatic carbocycles. The summed E-state index contributed by atoms with van der Waals surface area (Å²) in [5, 5.41) is 14.3. The summed E-state index contributed by atoms with van der Waals surface area (Å²) in [5.41, 5.74) is 1.86. The first kappa shape index (κ1) is 24.0. The van der Waals surface area contributed by atoms with Gasteiger partial charge in [0.05, 0.1) is 11.6 Å². The van der Waals surface area contributed by atoms with Gasteiger partial charge in [0.15, 0.2) is 11.5 Å². The molecule has 35 heavy (non-hydrogen) atoms. The first-order chi connectivity index (χ1) is 17.0. The maximum Gasteiger partial charge on any atom is 0.266 e. The molecular weight excluding hydrogens is 511 g/mol. The van der Waals surface area contributed by atoms with E-state index in [0.717, 1.165) is 16.3 Å². The van der Waals surface area contributed by atoms with Crippen LogP contribution in [-0.4, -0.2) is 13.0 Å². The predicted octanol–water partition coefficient (Wildman–Crippen LogP) is 6.87. The minimum Gasteiger partial charge on any atom is -0.493 e. The number of methoxy groups -OCH3 is 1. The smallest absolute Gasteiger partial charge is 0.266 e. The highest BCUT2D eigenvalue weighted by molar-refractivity contribution is 9.10. The van der Waals surface area contributed by atoms with Crippen LogP contribution in [0.25, 0.3) is 16.8 Å². The number of carbonyl (C=O) groups excluding carboxylic acids is 1. The summed E-state index contributed by atoms with van der Waals surface area (Å²) < 4.78 is 25.3. The van der Waals surface area contributed by atoms with Gasteiger partial charge in [-0.15, -0.1) is 0 Å². The van der Waals surface area contributed by atoms with Crippen LogP contribution in [0.3, 0.4) is 0 Å². The van der Waals surface area contributed by atoms with Gasteiger partial charge in [0, 0.05) is 5.69 Å². The number of nitrogens with one attached hydrogen (secondary N) is 1. The number of fused-ring (bicyclic) bond motifs is 1. The zero-order valence-corrected chi connectivity index (χ0v) is 20.3. The molecule has 4 rings (SSSR count). The van der Waals surface area contributed by atoms with Crippen molar-refractivity contribution in [2.45, 2.75) is 6.61 Å². The Balaban J connectivity index is 1.56. The maximum atomic E-state index is 13.1. The van der Waals surface area contributed by atoms with Crippen LogP contribution in [0.5, 0.6) is 11.5 Å². The Morgan fingerprint density at radius 1 is 1.09 bits per heavy atom. The van der Waals surface area contributed by atoms with Gasteiger partial charge in [-0.3, -0.25) is 4.79 Å².